The number of halogens is 2. The van der Waals surface area contributed by atoms with Gasteiger partial charge in [-0.2, -0.15) is 0 Å². The van der Waals surface area contributed by atoms with Crippen LogP contribution < -0.4 is 9.64 Å². The Balaban J connectivity index is 1.55. The molecule has 4 rings (SSSR count). The first kappa shape index (κ1) is 21.8. The maximum atomic E-state index is 15.4. The molecule has 4 atom stereocenters. The first-order chi connectivity index (χ1) is 14.4. The second kappa shape index (κ2) is 8.96. The number of alkyl halides is 1. The summed E-state index contributed by atoms with van der Waals surface area (Å²) in [6, 6.07) is 4.94. The molecule has 0 spiro atoms. The number of nitrogens with zero attached hydrogens (tertiary/aromatic N) is 4. The van der Waals surface area contributed by atoms with Crippen molar-refractivity contribution in [3.63, 3.8) is 0 Å². The van der Waals surface area contributed by atoms with Crippen molar-refractivity contribution in [3.8, 4) is 16.3 Å². The lowest BCUT2D eigenvalue weighted by Crippen LogP contribution is -2.60. The van der Waals surface area contributed by atoms with E-state index in [1.807, 2.05) is 22.8 Å². The van der Waals surface area contributed by atoms with Crippen LogP contribution in [-0.4, -0.2) is 72.3 Å². The van der Waals surface area contributed by atoms with Gasteiger partial charge in [-0.3, -0.25) is 0 Å². The SMILES string of the molecule is COCOc1cc(Cl)ccc1-c1nnc(N(C)[C@@H]2CC3CCC([C@@H]2F)N3B(C)O)s1. The molecular weight excluding hydrogens is 430 g/mol. The summed E-state index contributed by atoms with van der Waals surface area (Å²) in [4.78, 5) is 3.82. The molecule has 0 amide bonds. The maximum Gasteiger partial charge on any atom is 0.376 e. The molecule has 2 aliphatic heterocycles. The third kappa shape index (κ3) is 4.03. The van der Waals surface area contributed by atoms with Gasteiger partial charge in [0.05, 0.1) is 11.6 Å². The summed E-state index contributed by atoms with van der Waals surface area (Å²) in [5.41, 5.74) is 0.759. The van der Waals surface area contributed by atoms with Crippen molar-refractivity contribution in [2.75, 3.05) is 25.9 Å². The fraction of sp³-hybridized carbons (Fsp3) is 0.579. The zero-order chi connectivity index (χ0) is 21.4. The lowest BCUT2D eigenvalue weighted by Gasteiger charge is -2.44. The number of benzene rings is 1. The van der Waals surface area contributed by atoms with Crippen molar-refractivity contribution in [1.29, 1.82) is 0 Å². The fourth-order valence-electron chi connectivity index (χ4n) is 4.64. The van der Waals surface area contributed by atoms with Gasteiger partial charge in [0.1, 0.15) is 11.9 Å². The molecule has 2 saturated heterocycles. The number of fused-ring (bicyclic) bond motifs is 2. The molecule has 7 nitrogen and oxygen atoms in total. The topological polar surface area (TPSA) is 71.0 Å². The molecule has 1 aromatic carbocycles. The second-order valence-corrected chi connectivity index (χ2v) is 9.21. The van der Waals surface area contributed by atoms with Crippen LogP contribution in [0.4, 0.5) is 9.52 Å². The predicted octanol–water partition coefficient (Wildman–Crippen LogP) is 3.33. The summed E-state index contributed by atoms with van der Waals surface area (Å²) >= 11 is 7.48. The summed E-state index contributed by atoms with van der Waals surface area (Å²) in [6.07, 6.45) is 1.27. The van der Waals surface area contributed by atoms with E-state index in [-0.39, 0.29) is 24.9 Å². The van der Waals surface area contributed by atoms with Crippen molar-refractivity contribution < 1.29 is 18.9 Å². The van der Waals surface area contributed by atoms with Crippen LogP contribution in [0, 0.1) is 0 Å². The Labute approximate surface area is 184 Å². The van der Waals surface area contributed by atoms with Gasteiger partial charge in [0, 0.05) is 31.3 Å². The lowest BCUT2D eigenvalue weighted by atomic mass is 9.78. The van der Waals surface area contributed by atoms with Crippen LogP contribution in [-0.2, 0) is 4.74 Å². The molecular formula is C19H25BClFN4O3S. The largest absolute Gasteiger partial charge is 0.467 e. The van der Waals surface area contributed by atoms with Gasteiger partial charge in [-0.25, -0.2) is 4.39 Å². The normalized spacial score (nSPS) is 26.1. The van der Waals surface area contributed by atoms with Crippen LogP contribution in [0.15, 0.2) is 18.2 Å². The number of aromatic nitrogens is 2. The summed E-state index contributed by atoms with van der Waals surface area (Å²) in [5.74, 6) is 0.557. The number of ether oxygens (including phenoxy) is 2. The van der Waals surface area contributed by atoms with E-state index in [0.29, 0.717) is 27.3 Å². The van der Waals surface area contributed by atoms with Crippen LogP contribution in [0.5, 0.6) is 5.75 Å². The highest BCUT2D eigenvalue weighted by atomic mass is 35.5. The number of anilines is 1. The Morgan fingerprint density at radius 3 is 2.93 bits per heavy atom. The molecule has 2 fully saturated rings. The second-order valence-electron chi connectivity index (χ2n) is 7.82. The molecule has 1 N–H and O–H groups in total. The fourth-order valence-corrected chi connectivity index (χ4v) is 5.69. The zero-order valence-electron chi connectivity index (χ0n) is 17.2. The van der Waals surface area contributed by atoms with E-state index < -0.39 is 13.2 Å². The minimum absolute atomic E-state index is 0.0903. The van der Waals surface area contributed by atoms with E-state index in [2.05, 4.69) is 10.2 Å². The predicted molar refractivity (Wildman–Crippen MR) is 117 cm³/mol. The minimum atomic E-state index is -1.06. The standard InChI is InChI=1S/C19H25BClFN4O3S/c1-20(27)26-12-5-7-14(26)17(22)15(9-12)25(2)19-24-23-18(30-19)13-6-4-11(21)8-16(13)29-10-28-3/h4,6,8,12,14-15,17,27H,5,7,9-10H2,1-3H3/t12?,14?,15-,17+/m1/s1. The zero-order valence-corrected chi connectivity index (χ0v) is 18.7. The lowest BCUT2D eigenvalue weighted by molar-refractivity contribution is 0.0515. The van der Waals surface area contributed by atoms with Gasteiger partial charge in [-0.15, -0.1) is 10.2 Å². The van der Waals surface area contributed by atoms with Crippen LogP contribution >= 0.6 is 22.9 Å². The Morgan fingerprint density at radius 1 is 1.40 bits per heavy atom. The van der Waals surface area contributed by atoms with Crippen molar-refractivity contribution >= 4 is 35.1 Å². The summed E-state index contributed by atoms with van der Waals surface area (Å²) in [5, 5.41) is 20.5. The van der Waals surface area contributed by atoms with Gasteiger partial charge in [0.15, 0.2) is 11.8 Å². The third-order valence-electron chi connectivity index (χ3n) is 6.00. The number of hydrogen-bond donors (Lipinski definition) is 1. The highest BCUT2D eigenvalue weighted by Crippen LogP contribution is 2.42. The van der Waals surface area contributed by atoms with Crippen LogP contribution in [0.3, 0.4) is 0 Å². The quantitative estimate of drug-likeness (QED) is 0.508. The van der Waals surface area contributed by atoms with Crippen LogP contribution in [0.25, 0.3) is 10.6 Å². The van der Waals surface area contributed by atoms with Crippen molar-refractivity contribution in [2.45, 2.75) is 50.4 Å². The Bertz CT molecular complexity index is 891. The van der Waals surface area contributed by atoms with E-state index in [1.165, 1.54) is 11.3 Å². The summed E-state index contributed by atoms with van der Waals surface area (Å²) in [7, 11) is 2.78. The molecule has 30 heavy (non-hydrogen) atoms. The van der Waals surface area contributed by atoms with E-state index in [0.717, 1.165) is 18.4 Å². The van der Waals surface area contributed by atoms with Crippen molar-refractivity contribution in [3.05, 3.63) is 23.2 Å². The smallest absolute Gasteiger partial charge is 0.376 e. The van der Waals surface area contributed by atoms with E-state index in [4.69, 9.17) is 21.1 Å². The molecule has 2 unspecified atom stereocenters. The average molecular weight is 455 g/mol. The Hall–Kier alpha value is -1.46. The Kier molecular flexibility index (Phi) is 6.50. The monoisotopic (exact) mass is 454 g/mol. The van der Waals surface area contributed by atoms with Crippen molar-refractivity contribution in [2.24, 2.45) is 0 Å². The Morgan fingerprint density at radius 2 is 2.20 bits per heavy atom. The van der Waals surface area contributed by atoms with E-state index in [1.54, 1.807) is 26.1 Å². The molecule has 2 bridgehead atoms. The molecule has 1 aromatic heterocycles. The summed E-state index contributed by atoms with van der Waals surface area (Å²) < 4.78 is 26.0. The molecule has 0 saturated carbocycles. The van der Waals surface area contributed by atoms with Gasteiger partial charge in [-0.05, 0) is 44.3 Å². The molecule has 0 radical (unpaired) electrons. The minimum Gasteiger partial charge on any atom is -0.467 e. The van der Waals surface area contributed by atoms with Crippen LogP contribution in [0.1, 0.15) is 19.3 Å². The van der Waals surface area contributed by atoms with Gasteiger partial charge in [-0.1, -0.05) is 22.9 Å². The number of piperidine rings is 1. The summed E-state index contributed by atoms with van der Waals surface area (Å²) in [6.45, 7) is 1.81. The average Bonchev–Trinajstić information content (AvgIpc) is 3.33. The molecule has 2 aromatic rings. The maximum absolute atomic E-state index is 15.4. The molecule has 11 heteroatoms. The van der Waals surface area contributed by atoms with Gasteiger partial charge in [0.25, 0.3) is 0 Å². The third-order valence-corrected chi connectivity index (χ3v) is 7.28. The highest BCUT2D eigenvalue weighted by molar-refractivity contribution is 7.18. The van der Waals surface area contributed by atoms with E-state index in [9.17, 15) is 5.02 Å². The number of rotatable bonds is 7. The van der Waals surface area contributed by atoms with Gasteiger partial charge >= 0.3 is 7.05 Å². The van der Waals surface area contributed by atoms with Gasteiger partial charge in [0.2, 0.25) is 5.13 Å². The van der Waals surface area contributed by atoms with Crippen molar-refractivity contribution in [1.82, 2.24) is 15.0 Å². The first-order valence-corrected chi connectivity index (χ1v) is 11.2. The number of hydrogen-bond acceptors (Lipinski definition) is 8. The molecule has 162 valence electrons. The molecule has 0 aliphatic carbocycles. The molecule has 2 aliphatic rings. The first-order valence-electron chi connectivity index (χ1n) is 9.98. The molecule has 3 heterocycles. The van der Waals surface area contributed by atoms with E-state index >= 15 is 4.39 Å². The number of methoxy groups -OCH3 is 1. The van der Waals surface area contributed by atoms with Gasteiger partial charge < -0.3 is 24.2 Å². The van der Waals surface area contributed by atoms with Crippen LogP contribution in [0.2, 0.25) is 11.8 Å². The highest BCUT2D eigenvalue weighted by Gasteiger charge is 2.51.